The zero-order valence-electron chi connectivity index (χ0n) is 28.8. The quantitative estimate of drug-likeness (QED) is 0.0994. The van der Waals surface area contributed by atoms with Crippen molar-refractivity contribution in [3.63, 3.8) is 0 Å². The number of aliphatic hydroxyl groups excluding tert-OH is 1. The lowest BCUT2D eigenvalue weighted by Gasteiger charge is -2.51. The van der Waals surface area contributed by atoms with E-state index in [-0.39, 0.29) is 40.7 Å². The first-order chi connectivity index (χ1) is 22.6. The molecule has 0 saturated heterocycles. The fourth-order valence-corrected chi connectivity index (χ4v) is 12.4. The zero-order valence-corrected chi connectivity index (χ0v) is 32.2. The SMILES string of the molecule is COCOC1c2c(OC)c(=O)c(Br)cn2C(CCCOS(C)(=O)=O)C(O)C1(C)CCO[Si](c1ccccc1)(c1ccccc1)C(C)(C)C. The van der Waals surface area contributed by atoms with Crippen LogP contribution in [0.2, 0.25) is 5.04 Å². The molecule has 264 valence electrons. The van der Waals surface area contributed by atoms with Crippen LogP contribution in [0.5, 0.6) is 5.75 Å². The second kappa shape index (κ2) is 15.7. The van der Waals surface area contributed by atoms with Gasteiger partial charge >= 0.3 is 0 Å². The molecule has 0 aliphatic carbocycles. The van der Waals surface area contributed by atoms with Gasteiger partial charge in [-0.3, -0.25) is 8.98 Å². The summed E-state index contributed by atoms with van der Waals surface area (Å²) in [6.07, 6.45) is 1.85. The molecule has 0 spiro atoms. The lowest BCUT2D eigenvalue weighted by atomic mass is 9.68. The number of methoxy groups -OCH3 is 2. The topological polar surface area (TPSA) is 123 Å². The Kier molecular flexibility index (Phi) is 12.6. The Balaban J connectivity index is 1.81. The standard InChI is InChI=1S/C35H48BrNO9SSi/c1-34(2,3)48(25-15-10-8-11-16-25,26-17-12-9-13-18-26)46-22-20-35(4)32(39)28(19-14-21-45-47(7,40)41)37-23-27(36)30(38)31(43-6)29(37)33(35)44-24-42-5/h8-13,15-18,23,28,32-33,39H,14,19-22,24H2,1-7H3. The maximum atomic E-state index is 13.4. The normalized spacial score (nSPS) is 21.6. The highest BCUT2D eigenvalue weighted by molar-refractivity contribution is 9.10. The Morgan fingerprint density at radius 3 is 2.08 bits per heavy atom. The average molecular weight is 767 g/mol. The first-order valence-electron chi connectivity index (χ1n) is 16.0. The molecule has 0 bridgehead atoms. The molecule has 4 unspecified atom stereocenters. The van der Waals surface area contributed by atoms with Crippen molar-refractivity contribution in [3.8, 4) is 5.75 Å². The number of benzene rings is 2. The Hall–Kier alpha value is -2.36. The predicted molar refractivity (Wildman–Crippen MR) is 192 cm³/mol. The highest BCUT2D eigenvalue weighted by atomic mass is 79.9. The summed E-state index contributed by atoms with van der Waals surface area (Å²) < 4.78 is 55.0. The third-order valence-electron chi connectivity index (χ3n) is 9.31. The van der Waals surface area contributed by atoms with Gasteiger partial charge in [0, 0.05) is 25.3 Å². The summed E-state index contributed by atoms with van der Waals surface area (Å²) in [5.74, 6) is 0.0916. The minimum atomic E-state index is -3.63. The number of fused-ring (bicyclic) bond motifs is 1. The molecule has 48 heavy (non-hydrogen) atoms. The summed E-state index contributed by atoms with van der Waals surface area (Å²) in [5, 5.41) is 14.3. The number of nitrogens with zero attached hydrogens (tertiary/aromatic N) is 1. The van der Waals surface area contributed by atoms with Crippen molar-refractivity contribution in [2.24, 2.45) is 5.41 Å². The number of hydrogen-bond acceptors (Lipinski definition) is 9. The number of ether oxygens (including phenoxy) is 3. The Bertz CT molecular complexity index is 1640. The van der Waals surface area contributed by atoms with Gasteiger partial charge in [-0.25, -0.2) is 0 Å². The summed E-state index contributed by atoms with van der Waals surface area (Å²) in [5.41, 5.74) is -0.883. The molecular formula is C35H48BrNO9SSi. The highest BCUT2D eigenvalue weighted by Crippen LogP contribution is 2.53. The van der Waals surface area contributed by atoms with E-state index in [1.54, 1.807) is 10.8 Å². The summed E-state index contributed by atoms with van der Waals surface area (Å²) in [4.78, 5) is 13.4. The van der Waals surface area contributed by atoms with E-state index in [1.165, 1.54) is 14.2 Å². The number of aliphatic hydroxyl groups is 1. The van der Waals surface area contributed by atoms with Gasteiger partial charge in [0.2, 0.25) is 5.43 Å². The maximum Gasteiger partial charge on any atom is 0.264 e. The predicted octanol–water partition coefficient (Wildman–Crippen LogP) is 4.93. The Labute approximate surface area is 293 Å². The van der Waals surface area contributed by atoms with Gasteiger partial charge in [-0.2, -0.15) is 8.42 Å². The van der Waals surface area contributed by atoms with Crippen LogP contribution in [0.15, 0.2) is 76.1 Å². The third-order valence-corrected chi connectivity index (χ3v) is 15.5. The molecule has 4 atom stereocenters. The molecule has 1 aliphatic rings. The molecule has 2 heterocycles. The van der Waals surface area contributed by atoms with Gasteiger partial charge in [0.25, 0.3) is 18.4 Å². The molecule has 0 amide bonds. The highest BCUT2D eigenvalue weighted by Gasteiger charge is 2.54. The van der Waals surface area contributed by atoms with Gasteiger partial charge in [0.1, 0.15) is 12.9 Å². The molecule has 1 aromatic heterocycles. The number of pyridine rings is 1. The lowest BCUT2D eigenvalue weighted by Crippen LogP contribution is -2.66. The van der Waals surface area contributed by atoms with Crippen molar-refractivity contribution >= 4 is 44.7 Å². The first kappa shape index (κ1) is 38.4. The van der Waals surface area contributed by atoms with Gasteiger partial charge in [-0.1, -0.05) is 88.4 Å². The van der Waals surface area contributed by atoms with Crippen LogP contribution in [0.25, 0.3) is 0 Å². The van der Waals surface area contributed by atoms with E-state index < -0.39 is 42.1 Å². The van der Waals surface area contributed by atoms with Crippen LogP contribution < -0.4 is 20.5 Å². The fourth-order valence-electron chi connectivity index (χ4n) is 7.05. The van der Waals surface area contributed by atoms with Gasteiger partial charge in [0.15, 0.2) is 5.75 Å². The van der Waals surface area contributed by atoms with E-state index in [0.29, 0.717) is 25.0 Å². The second-order valence-corrected chi connectivity index (χ2v) is 20.3. The van der Waals surface area contributed by atoms with E-state index in [4.69, 9.17) is 22.8 Å². The molecule has 0 saturated carbocycles. The van der Waals surface area contributed by atoms with Gasteiger partial charge in [-0.15, -0.1) is 0 Å². The van der Waals surface area contributed by atoms with E-state index in [1.807, 2.05) is 43.3 Å². The van der Waals surface area contributed by atoms with Crippen molar-refractivity contribution in [3.05, 3.63) is 87.3 Å². The summed E-state index contributed by atoms with van der Waals surface area (Å²) >= 11 is 3.37. The van der Waals surface area contributed by atoms with E-state index >= 15 is 0 Å². The number of rotatable bonds is 15. The molecule has 3 aromatic rings. The fraction of sp³-hybridized carbons (Fsp3) is 0.514. The lowest BCUT2D eigenvalue weighted by molar-refractivity contribution is -0.178. The summed E-state index contributed by atoms with van der Waals surface area (Å²) in [7, 11) is -3.60. The van der Waals surface area contributed by atoms with Crippen LogP contribution in [0, 0.1) is 5.41 Å². The van der Waals surface area contributed by atoms with Crippen LogP contribution in [0.3, 0.4) is 0 Å². The first-order valence-corrected chi connectivity index (χ1v) is 20.5. The van der Waals surface area contributed by atoms with Crippen molar-refractivity contribution in [2.75, 3.05) is 40.5 Å². The van der Waals surface area contributed by atoms with E-state index in [9.17, 15) is 18.3 Å². The largest absolute Gasteiger partial charge is 0.491 e. The number of hydrogen-bond donors (Lipinski definition) is 1. The summed E-state index contributed by atoms with van der Waals surface area (Å²) in [6, 6.07) is 20.1. The Morgan fingerprint density at radius 1 is 1.00 bits per heavy atom. The smallest absolute Gasteiger partial charge is 0.264 e. The molecule has 1 aliphatic heterocycles. The minimum absolute atomic E-state index is 0.0484. The van der Waals surface area contributed by atoms with Crippen LogP contribution in [0.1, 0.15) is 64.8 Å². The van der Waals surface area contributed by atoms with Crippen molar-refractivity contribution in [1.82, 2.24) is 4.57 Å². The maximum absolute atomic E-state index is 13.4. The van der Waals surface area contributed by atoms with Gasteiger partial charge < -0.3 is 28.3 Å². The van der Waals surface area contributed by atoms with Crippen LogP contribution in [-0.2, 0) is 28.2 Å². The number of halogens is 1. The molecule has 2 aromatic carbocycles. The zero-order chi connectivity index (χ0) is 35.3. The van der Waals surface area contributed by atoms with Crippen LogP contribution in [0.4, 0.5) is 0 Å². The van der Waals surface area contributed by atoms with Crippen LogP contribution >= 0.6 is 15.9 Å². The third kappa shape index (κ3) is 7.83. The van der Waals surface area contributed by atoms with E-state index in [0.717, 1.165) is 16.6 Å². The van der Waals surface area contributed by atoms with Gasteiger partial charge in [-0.05, 0) is 50.6 Å². The summed E-state index contributed by atoms with van der Waals surface area (Å²) in [6.45, 7) is 8.70. The monoisotopic (exact) mass is 765 g/mol. The second-order valence-electron chi connectivity index (χ2n) is 13.5. The van der Waals surface area contributed by atoms with Crippen LogP contribution in [-0.4, -0.2) is 73.0 Å². The molecule has 10 nitrogen and oxygen atoms in total. The molecule has 1 N–H and O–H groups in total. The van der Waals surface area contributed by atoms with E-state index in [2.05, 4.69) is 61.0 Å². The van der Waals surface area contributed by atoms with Crippen molar-refractivity contribution in [1.29, 1.82) is 0 Å². The Morgan fingerprint density at radius 2 is 1.58 bits per heavy atom. The number of aromatic nitrogens is 1. The minimum Gasteiger partial charge on any atom is -0.491 e. The van der Waals surface area contributed by atoms with Gasteiger partial charge in [0.05, 0.1) is 42.3 Å². The molecule has 13 heteroatoms. The molecule has 0 fully saturated rings. The molecule has 0 radical (unpaired) electrons. The molecular weight excluding hydrogens is 718 g/mol. The van der Waals surface area contributed by atoms with Crippen molar-refractivity contribution in [2.45, 2.75) is 70.2 Å². The average Bonchev–Trinajstić information content (AvgIpc) is 3.04. The molecule has 4 rings (SSSR count). The van der Waals surface area contributed by atoms with Crippen molar-refractivity contribution < 1.29 is 36.3 Å².